The van der Waals surface area contributed by atoms with Crippen LogP contribution in [0.5, 0.6) is 5.75 Å². The molecule has 7 heteroatoms. The standard InChI is InChI=1S/C33H26BrFO5/c1-39-32(37)30-29(22-12-18-25(35)19-13-22)27(21-8-4-2-5-9-21)20-28(31(36)40-26-10-6-3-7-11-26)33(30,38)23-14-16-24(34)17-15-23/h2-20,28-30,38H,1H3/t28-,29-,30-,33-/m1/s1. The van der Waals surface area contributed by atoms with E-state index in [-0.39, 0.29) is 0 Å². The Balaban J connectivity index is 1.80. The van der Waals surface area contributed by atoms with Gasteiger partial charge in [0.2, 0.25) is 0 Å². The van der Waals surface area contributed by atoms with Crippen molar-refractivity contribution in [3.05, 3.63) is 142 Å². The maximum Gasteiger partial charge on any atom is 0.321 e. The summed E-state index contributed by atoms with van der Waals surface area (Å²) in [6.45, 7) is 0. The van der Waals surface area contributed by atoms with E-state index in [0.717, 1.165) is 10.0 Å². The molecule has 1 aliphatic carbocycles. The molecule has 4 atom stereocenters. The number of hydrogen-bond donors (Lipinski definition) is 1. The highest BCUT2D eigenvalue weighted by atomic mass is 79.9. The van der Waals surface area contributed by atoms with Gasteiger partial charge < -0.3 is 14.6 Å². The van der Waals surface area contributed by atoms with Crippen LogP contribution in [-0.4, -0.2) is 24.2 Å². The number of aliphatic hydroxyl groups is 1. The van der Waals surface area contributed by atoms with E-state index in [9.17, 15) is 19.1 Å². The molecule has 5 rings (SSSR count). The zero-order chi connectivity index (χ0) is 28.3. The lowest BCUT2D eigenvalue weighted by molar-refractivity contribution is -0.169. The van der Waals surface area contributed by atoms with Gasteiger partial charge in [-0.15, -0.1) is 0 Å². The smallest absolute Gasteiger partial charge is 0.321 e. The van der Waals surface area contributed by atoms with Gasteiger partial charge in [-0.1, -0.05) is 94.8 Å². The van der Waals surface area contributed by atoms with Crippen molar-refractivity contribution in [3.63, 3.8) is 0 Å². The molecule has 5 nitrogen and oxygen atoms in total. The van der Waals surface area contributed by atoms with Crippen LogP contribution in [0.3, 0.4) is 0 Å². The van der Waals surface area contributed by atoms with Gasteiger partial charge in [0.05, 0.1) is 7.11 Å². The number of ether oxygens (including phenoxy) is 2. The number of hydrogen-bond acceptors (Lipinski definition) is 5. The molecule has 202 valence electrons. The van der Waals surface area contributed by atoms with Gasteiger partial charge in [0.25, 0.3) is 0 Å². The summed E-state index contributed by atoms with van der Waals surface area (Å²) >= 11 is 3.42. The van der Waals surface area contributed by atoms with E-state index in [0.29, 0.717) is 22.4 Å². The molecule has 1 aliphatic rings. The Hall–Kier alpha value is -4.07. The van der Waals surface area contributed by atoms with E-state index in [1.54, 1.807) is 72.8 Å². The monoisotopic (exact) mass is 600 g/mol. The second-order valence-corrected chi connectivity index (χ2v) is 10.5. The Morgan fingerprint density at radius 2 is 1.43 bits per heavy atom. The number of carbonyl (C=O) groups is 2. The fourth-order valence-electron chi connectivity index (χ4n) is 5.42. The molecule has 4 aromatic rings. The second kappa shape index (κ2) is 11.6. The van der Waals surface area contributed by atoms with Gasteiger partial charge in [-0.05, 0) is 58.7 Å². The minimum atomic E-state index is -2.09. The third-order valence-corrected chi connectivity index (χ3v) is 7.81. The van der Waals surface area contributed by atoms with E-state index in [1.165, 1.54) is 19.2 Å². The van der Waals surface area contributed by atoms with Crippen LogP contribution in [0.4, 0.5) is 4.39 Å². The zero-order valence-electron chi connectivity index (χ0n) is 21.5. The predicted octanol–water partition coefficient (Wildman–Crippen LogP) is 6.67. The van der Waals surface area contributed by atoms with Crippen LogP contribution in [0.1, 0.15) is 22.6 Å². The number of allylic oxidation sites excluding steroid dienone is 1. The van der Waals surface area contributed by atoms with Crippen LogP contribution < -0.4 is 4.74 Å². The Labute approximate surface area is 240 Å². The Morgan fingerprint density at radius 1 is 0.825 bits per heavy atom. The summed E-state index contributed by atoms with van der Waals surface area (Å²) in [5.74, 6) is -4.98. The highest BCUT2D eigenvalue weighted by Gasteiger charge is 2.59. The summed E-state index contributed by atoms with van der Waals surface area (Å²) in [6.07, 6.45) is 1.66. The summed E-state index contributed by atoms with van der Waals surface area (Å²) in [6, 6.07) is 30.4. The molecule has 0 fully saturated rings. The van der Waals surface area contributed by atoms with Gasteiger partial charge in [-0.2, -0.15) is 0 Å². The second-order valence-electron chi connectivity index (χ2n) is 9.56. The minimum absolute atomic E-state index is 0.301. The van der Waals surface area contributed by atoms with Gasteiger partial charge in [0.15, 0.2) is 0 Å². The van der Waals surface area contributed by atoms with Crippen LogP contribution in [0.15, 0.2) is 120 Å². The van der Waals surface area contributed by atoms with E-state index in [4.69, 9.17) is 9.47 Å². The van der Waals surface area contributed by atoms with Gasteiger partial charge >= 0.3 is 11.9 Å². The van der Waals surface area contributed by atoms with Crippen LogP contribution in [0.2, 0.25) is 0 Å². The highest BCUT2D eigenvalue weighted by molar-refractivity contribution is 9.10. The lowest BCUT2D eigenvalue weighted by Crippen LogP contribution is -2.54. The summed E-state index contributed by atoms with van der Waals surface area (Å²) in [4.78, 5) is 27.6. The molecular weight excluding hydrogens is 575 g/mol. The number of methoxy groups -OCH3 is 1. The van der Waals surface area contributed by atoms with Crippen LogP contribution >= 0.6 is 15.9 Å². The van der Waals surface area contributed by atoms with Crippen molar-refractivity contribution in [2.45, 2.75) is 11.5 Å². The first-order valence-corrected chi connectivity index (χ1v) is 13.5. The number of para-hydroxylation sites is 1. The largest absolute Gasteiger partial charge is 0.469 e. The van der Waals surface area contributed by atoms with Crippen LogP contribution in [-0.2, 0) is 19.9 Å². The zero-order valence-corrected chi connectivity index (χ0v) is 23.1. The van der Waals surface area contributed by atoms with Crippen molar-refractivity contribution < 1.29 is 28.6 Å². The summed E-state index contributed by atoms with van der Waals surface area (Å²) < 4.78 is 25.8. The van der Waals surface area contributed by atoms with E-state index >= 15 is 0 Å². The fraction of sp³-hybridized carbons (Fsp3) is 0.152. The SMILES string of the molecule is COC(=O)[C@H]1[C@H](c2ccc(F)cc2)C(c2ccccc2)=C[C@H](C(=O)Oc2ccccc2)[C@]1(O)c1ccc(Br)cc1. The van der Waals surface area contributed by atoms with Gasteiger partial charge in [-0.3, -0.25) is 9.59 Å². The predicted molar refractivity (Wildman–Crippen MR) is 153 cm³/mol. The van der Waals surface area contributed by atoms with Crippen molar-refractivity contribution >= 4 is 33.4 Å². The third-order valence-electron chi connectivity index (χ3n) is 7.28. The van der Waals surface area contributed by atoms with E-state index in [1.807, 2.05) is 30.3 Å². The average Bonchev–Trinajstić information content (AvgIpc) is 2.98. The van der Waals surface area contributed by atoms with Crippen molar-refractivity contribution in [3.8, 4) is 5.75 Å². The van der Waals surface area contributed by atoms with Gasteiger partial charge in [0.1, 0.15) is 29.0 Å². The molecular formula is C33H26BrFO5. The topological polar surface area (TPSA) is 72.8 Å². The number of halogens is 2. The van der Waals surface area contributed by atoms with E-state index in [2.05, 4.69) is 15.9 Å². The average molecular weight is 601 g/mol. The van der Waals surface area contributed by atoms with Crippen molar-refractivity contribution in [2.75, 3.05) is 7.11 Å². The Bertz CT molecular complexity index is 1520. The number of esters is 2. The molecule has 0 saturated heterocycles. The lowest BCUT2D eigenvalue weighted by atomic mass is 9.59. The minimum Gasteiger partial charge on any atom is -0.469 e. The number of carbonyl (C=O) groups excluding carboxylic acids is 2. The Morgan fingerprint density at radius 3 is 2.02 bits per heavy atom. The lowest BCUT2D eigenvalue weighted by Gasteiger charge is -2.47. The van der Waals surface area contributed by atoms with Crippen molar-refractivity contribution in [1.82, 2.24) is 0 Å². The van der Waals surface area contributed by atoms with E-state index < -0.39 is 41.1 Å². The third kappa shape index (κ3) is 5.22. The molecule has 0 unspecified atom stereocenters. The fourth-order valence-corrected chi connectivity index (χ4v) is 5.68. The first-order chi connectivity index (χ1) is 19.3. The summed E-state index contributed by atoms with van der Waals surface area (Å²) in [5, 5.41) is 12.7. The molecule has 0 spiro atoms. The van der Waals surface area contributed by atoms with Crippen molar-refractivity contribution in [1.29, 1.82) is 0 Å². The summed E-state index contributed by atoms with van der Waals surface area (Å²) in [7, 11) is 1.24. The highest BCUT2D eigenvalue weighted by Crippen LogP contribution is 2.55. The summed E-state index contributed by atoms with van der Waals surface area (Å²) in [5.41, 5.74) is 0.172. The number of benzene rings is 4. The maximum atomic E-state index is 14.0. The molecule has 0 bridgehead atoms. The molecule has 0 heterocycles. The molecule has 0 aliphatic heterocycles. The maximum absolute atomic E-state index is 14.0. The molecule has 40 heavy (non-hydrogen) atoms. The molecule has 4 aromatic carbocycles. The van der Waals surface area contributed by atoms with Crippen molar-refractivity contribution in [2.24, 2.45) is 11.8 Å². The van der Waals surface area contributed by atoms with Crippen LogP contribution in [0, 0.1) is 17.7 Å². The molecule has 0 radical (unpaired) electrons. The quantitative estimate of drug-likeness (QED) is 0.198. The molecule has 0 amide bonds. The van der Waals surface area contributed by atoms with Gasteiger partial charge in [-0.25, -0.2) is 4.39 Å². The number of rotatable bonds is 6. The first-order valence-electron chi connectivity index (χ1n) is 12.7. The first kappa shape index (κ1) is 27.5. The molecule has 0 saturated carbocycles. The molecule has 1 N–H and O–H groups in total. The molecule has 0 aromatic heterocycles. The normalized spacial score (nSPS) is 22.2. The van der Waals surface area contributed by atoms with Crippen LogP contribution in [0.25, 0.3) is 5.57 Å². The van der Waals surface area contributed by atoms with Gasteiger partial charge in [0, 0.05) is 10.4 Å². The Kier molecular flexibility index (Phi) is 7.96.